The second kappa shape index (κ2) is 4.10. The number of benzene rings is 1. The Kier molecular flexibility index (Phi) is 2.44. The van der Waals surface area contributed by atoms with Crippen LogP contribution in [-0.2, 0) is 0 Å². The van der Waals surface area contributed by atoms with Crippen LogP contribution in [0.25, 0.3) is 0 Å². The normalized spacial score (nSPS) is 17.4. The Bertz CT molecular complexity index is 578. The molecular formula is C13H12N2O3. The molecule has 5 heteroatoms. The molecule has 1 aliphatic rings. The van der Waals surface area contributed by atoms with Crippen molar-refractivity contribution < 1.29 is 14.6 Å². The number of ether oxygens (including phenoxy) is 1. The molecule has 0 saturated carbocycles. The highest BCUT2D eigenvalue weighted by Crippen LogP contribution is 2.34. The highest BCUT2D eigenvalue weighted by molar-refractivity contribution is 5.89. The SMILES string of the molecule is O=C(O)c1ccc2c(c1)NC(c1cc[nH]c1)CO2. The van der Waals surface area contributed by atoms with E-state index < -0.39 is 5.97 Å². The fourth-order valence-electron chi connectivity index (χ4n) is 2.04. The maximum atomic E-state index is 10.9. The standard InChI is InChI=1S/C13H12N2O3/c16-13(17)8-1-2-12-10(5-8)15-11(7-18-12)9-3-4-14-6-9/h1-6,11,14-15H,7H2,(H,16,17). The zero-order valence-electron chi connectivity index (χ0n) is 9.51. The molecule has 1 aromatic carbocycles. The summed E-state index contributed by atoms with van der Waals surface area (Å²) in [5.74, 6) is -0.254. The van der Waals surface area contributed by atoms with Gasteiger partial charge in [0, 0.05) is 12.4 Å². The molecule has 92 valence electrons. The minimum atomic E-state index is -0.941. The van der Waals surface area contributed by atoms with Crippen LogP contribution in [0.1, 0.15) is 22.0 Å². The van der Waals surface area contributed by atoms with Crippen LogP contribution in [0.5, 0.6) is 5.75 Å². The molecule has 3 rings (SSSR count). The molecule has 1 aromatic heterocycles. The Hall–Kier alpha value is -2.43. The molecule has 18 heavy (non-hydrogen) atoms. The Morgan fingerprint density at radius 2 is 2.28 bits per heavy atom. The van der Waals surface area contributed by atoms with Gasteiger partial charge in [0.25, 0.3) is 0 Å². The van der Waals surface area contributed by atoms with Gasteiger partial charge in [0.05, 0.1) is 17.3 Å². The van der Waals surface area contributed by atoms with Crippen molar-refractivity contribution in [1.29, 1.82) is 0 Å². The fraction of sp³-hybridized carbons (Fsp3) is 0.154. The van der Waals surface area contributed by atoms with Gasteiger partial charge in [-0.15, -0.1) is 0 Å². The first-order chi connectivity index (χ1) is 8.74. The van der Waals surface area contributed by atoms with Crippen molar-refractivity contribution in [2.24, 2.45) is 0 Å². The number of aromatic nitrogens is 1. The summed E-state index contributed by atoms with van der Waals surface area (Å²) in [6, 6.07) is 6.81. The van der Waals surface area contributed by atoms with Crippen molar-refractivity contribution in [3.63, 3.8) is 0 Å². The minimum absolute atomic E-state index is 0.0350. The lowest BCUT2D eigenvalue weighted by Gasteiger charge is -2.27. The van der Waals surface area contributed by atoms with E-state index in [0.717, 1.165) is 5.56 Å². The topological polar surface area (TPSA) is 74.4 Å². The number of hydrogen-bond acceptors (Lipinski definition) is 3. The average Bonchev–Trinajstić information content (AvgIpc) is 2.91. The number of carbonyl (C=O) groups is 1. The van der Waals surface area contributed by atoms with Gasteiger partial charge in [-0.1, -0.05) is 0 Å². The van der Waals surface area contributed by atoms with Crippen LogP contribution in [0.2, 0.25) is 0 Å². The zero-order valence-corrected chi connectivity index (χ0v) is 9.51. The van der Waals surface area contributed by atoms with Crippen molar-refractivity contribution in [2.75, 3.05) is 11.9 Å². The molecule has 0 fully saturated rings. The van der Waals surface area contributed by atoms with E-state index >= 15 is 0 Å². The number of fused-ring (bicyclic) bond motifs is 1. The monoisotopic (exact) mass is 244 g/mol. The highest BCUT2D eigenvalue weighted by Gasteiger charge is 2.21. The van der Waals surface area contributed by atoms with Gasteiger partial charge in [0.15, 0.2) is 0 Å². The summed E-state index contributed by atoms with van der Waals surface area (Å²) >= 11 is 0. The first-order valence-electron chi connectivity index (χ1n) is 5.63. The molecular weight excluding hydrogens is 232 g/mol. The summed E-state index contributed by atoms with van der Waals surface area (Å²) in [5, 5.41) is 12.2. The van der Waals surface area contributed by atoms with Gasteiger partial charge in [-0.05, 0) is 29.8 Å². The van der Waals surface area contributed by atoms with Crippen molar-refractivity contribution in [1.82, 2.24) is 4.98 Å². The van der Waals surface area contributed by atoms with E-state index in [1.54, 1.807) is 18.2 Å². The number of anilines is 1. The summed E-state index contributed by atoms with van der Waals surface area (Å²) < 4.78 is 5.63. The average molecular weight is 244 g/mol. The zero-order chi connectivity index (χ0) is 12.5. The van der Waals surface area contributed by atoms with Crippen LogP contribution in [-0.4, -0.2) is 22.7 Å². The molecule has 2 heterocycles. The Morgan fingerprint density at radius 3 is 3.00 bits per heavy atom. The summed E-state index contributed by atoms with van der Waals surface area (Å²) in [7, 11) is 0. The van der Waals surface area contributed by atoms with E-state index in [4.69, 9.17) is 9.84 Å². The molecule has 1 unspecified atom stereocenters. The summed E-state index contributed by atoms with van der Waals surface area (Å²) in [6.45, 7) is 0.525. The number of H-pyrrole nitrogens is 1. The van der Waals surface area contributed by atoms with Gasteiger partial charge in [0.2, 0.25) is 0 Å². The predicted molar refractivity (Wildman–Crippen MR) is 66.1 cm³/mol. The first kappa shape index (κ1) is 10.7. The molecule has 0 amide bonds. The summed E-state index contributed by atoms with van der Waals surface area (Å²) in [5.41, 5.74) is 2.05. The lowest BCUT2D eigenvalue weighted by atomic mass is 10.1. The van der Waals surface area contributed by atoms with E-state index in [2.05, 4.69) is 10.3 Å². The summed E-state index contributed by atoms with van der Waals surface area (Å²) in [6.07, 6.45) is 3.74. The number of aromatic carboxylic acids is 1. The molecule has 2 aromatic rings. The van der Waals surface area contributed by atoms with Crippen LogP contribution < -0.4 is 10.1 Å². The van der Waals surface area contributed by atoms with Gasteiger partial charge in [-0.25, -0.2) is 4.79 Å². The molecule has 1 atom stereocenters. The van der Waals surface area contributed by atoms with Gasteiger partial charge in [0.1, 0.15) is 12.4 Å². The lowest BCUT2D eigenvalue weighted by molar-refractivity contribution is 0.0697. The second-order valence-corrected chi connectivity index (χ2v) is 4.17. The van der Waals surface area contributed by atoms with E-state index in [-0.39, 0.29) is 11.6 Å². The van der Waals surface area contributed by atoms with Crippen molar-refractivity contribution >= 4 is 11.7 Å². The smallest absolute Gasteiger partial charge is 0.335 e. The fourth-order valence-corrected chi connectivity index (χ4v) is 2.04. The van der Waals surface area contributed by atoms with E-state index in [1.165, 1.54) is 0 Å². The number of carboxylic acid groups (broad SMARTS) is 1. The lowest BCUT2D eigenvalue weighted by Crippen LogP contribution is -2.23. The van der Waals surface area contributed by atoms with Gasteiger partial charge in [-0.2, -0.15) is 0 Å². The Morgan fingerprint density at radius 1 is 1.39 bits per heavy atom. The molecule has 0 spiro atoms. The molecule has 3 N–H and O–H groups in total. The van der Waals surface area contributed by atoms with Crippen molar-refractivity contribution in [3.8, 4) is 5.75 Å². The van der Waals surface area contributed by atoms with Crippen LogP contribution in [0.4, 0.5) is 5.69 Å². The second-order valence-electron chi connectivity index (χ2n) is 4.17. The number of rotatable bonds is 2. The Labute approximate surface area is 103 Å². The van der Waals surface area contributed by atoms with Gasteiger partial charge in [-0.3, -0.25) is 0 Å². The third-order valence-corrected chi connectivity index (χ3v) is 2.99. The van der Waals surface area contributed by atoms with Crippen LogP contribution >= 0.6 is 0 Å². The molecule has 0 saturated heterocycles. The van der Waals surface area contributed by atoms with Gasteiger partial charge < -0.3 is 20.1 Å². The maximum absolute atomic E-state index is 10.9. The number of hydrogen-bond donors (Lipinski definition) is 3. The summed E-state index contributed by atoms with van der Waals surface area (Å²) in [4.78, 5) is 13.9. The number of aromatic amines is 1. The molecule has 5 nitrogen and oxygen atoms in total. The largest absolute Gasteiger partial charge is 0.489 e. The van der Waals surface area contributed by atoms with Crippen LogP contribution in [0, 0.1) is 0 Å². The van der Waals surface area contributed by atoms with Crippen molar-refractivity contribution in [3.05, 3.63) is 47.8 Å². The number of nitrogens with one attached hydrogen (secondary N) is 2. The van der Waals surface area contributed by atoms with E-state index in [0.29, 0.717) is 18.0 Å². The van der Waals surface area contributed by atoms with Gasteiger partial charge >= 0.3 is 5.97 Å². The molecule has 0 radical (unpaired) electrons. The molecule has 0 bridgehead atoms. The molecule has 1 aliphatic heterocycles. The van der Waals surface area contributed by atoms with E-state index in [1.807, 2.05) is 18.5 Å². The van der Waals surface area contributed by atoms with E-state index in [9.17, 15) is 4.79 Å². The predicted octanol–water partition coefficient (Wildman–Crippen LogP) is 2.26. The number of carboxylic acids is 1. The Balaban J connectivity index is 1.91. The third-order valence-electron chi connectivity index (χ3n) is 2.99. The minimum Gasteiger partial charge on any atom is -0.489 e. The third kappa shape index (κ3) is 1.79. The first-order valence-corrected chi connectivity index (χ1v) is 5.63. The quantitative estimate of drug-likeness (QED) is 0.757. The van der Waals surface area contributed by atoms with Crippen molar-refractivity contribution in [2.45, 2.75) is 6.04 Å². The molecule has 0 aliphatic carbocycles. The van der Waals surface area contributed by atoms with Crippen LogP contribution in [0.15, 0.2) is 36.7 Å². The maximum Gasteiger partial charge on any atom is 0.335 e. The van der Waals surface area contributed by atoms with Crippen LogP contribution in [0.3, 0.4) is 0 Å². The highest BCUT2D eigenvalue weighted by atomic mass is 16.5.